The molecule has 1 heterocycles. The van der Waals surface area contributed by atoms with Gasteiger partial charge in [0.15, 0.2) is 5.82 Å². The summed E-state index contributed by atoms with van der Waals surface area (Å²) >= 11 is 0. The predicted octanol–water partition coefficient (Wildman–Crippen LogP) is 0.495. The van der Waals surface area contributed by atoms with Gasteiger partial charge in [0.05, 0.1) is 18.4 Å². The Kier molecular flexibility index (Phi) is 3.59. The summed E-state index contributed by atoms with van der Waals surface area (Å²) in [5.74, 6) is -1.35. The molecule has 1 aliphatic carbocycles. The lowest BCUT2D eigenvalue weighted by Crippen LogP contribution is -2.34. The molecule has 2 N–H and O–H groups in total. The lowest BCUT2D eigenvalue weighted by atomic mass is 9.95. The topological polar surface area (TPSA) is 105 Å². The lowest BCUT2D eigenvalue weighted by molar-refractivity contribution is -0.146. The van der Waals surface area contributed by atoms with Crippen molar-refractivity contribution in [3.8, 4) is 0 Å². The van der Waals surface area contributed by atoms with Crippen LogP contribution < -0.4 is 5.32 Å². The summed E-state index contributed by atoms with van der Waals surface area (Å²) < 4.78 is 4.86. The molecule has 1 aromatic heterocycles. The number of aliphatic carboxylic acids is 1. The minimum Gasteiger partial charge on any atom is -0.481 e. The molecule has 1 aliphatic rings. The van der Waals surface area contributed by atoms with Crippen LogP contribution in [0.25, 0.3) is 0 Å². The first kappa shape index (κ1) is 12.5. The van der Waals surface area contributed by atoms with Crippen molar-refractivity contribution in [3.05, 3.63) is 11.7 Å². The van der Waals surface area contributed by atoms with Gasteiger partial charge in [-0.15, -0.1) is 0 Å². The first-order valence-electron chi connectivity index (χ1n) is 5.87. The third-order valence-corrected chi connectivity index (χ3v) is 3.15. The monoisotopic (exact) mass is 253 g/mol. The molecule has 0 aliphatic heterocycles. The molecule has 2 atom stereocenters. The molecule has 0 saturated heterocycles. The van der Waals surface area contributed by atoms with E-state index in [0.29, 0.717) is 24.6 Å². The molecule has 7 nitrogen and oxygen atoms in total. The summed E-state index contributed by atoms with van der Waals surface area (Å²) in [6.07, 6.45) is 1.95. The van der Waals surface area contributed by atoms with Crippen LogP contribution in [-0.4, -0.2) is 27.1 Å². The number of carboxylic acid groups (broad SMARTS) is 1. The third kappa shape index (κ3) is 2.66. The second-order valence-corrected chi connectivity index (χ2v) is 4.44. The van der Waals surface area contributed by atoms with Crippen LogP contribution in [0.15, 0.2) is 4.52 Å². The first-order valence-corrected chi connectivity index (χ1v) is 5.87. The van der Waals surface area contributed by atoms with Gasteiger partial charge in [-0.2, -0.15) is 4.98 Å². The van der Waals surface area contributed by atoms with Gasteiger partial charge in [0, 0.05) is 0 Å². The zero-order chi connectivity index (χ0) is 13.1. The second kappa shape index (κ2) is 5.16. The van der Waals surface area contributed by atoms with Gasteiger partial charge >= 0.3 is 5.97 Å². The van der Waals surface area contributed by atoms with E-state index in [0.717, 1.165) is 6.42 Å². The summed E-state index contributed by atoms with van der Waals surface area (Å²) in [7, 11) is 0. The van der Waals surface area contributed by atoms with Crippen LogP contribution in [-0.2, 0) is 16.1 Å². The molecule has 1 saturated carbocycles. The largest absolute Gasteiger partial charge is 0.481 e. The highest BCUT2D eigenvalue weighted by atomic mass is 16.5. The molecule has 1 amide bonds. The Labute approximate surface area is 104 Å². The molecule has 0 aromatic carbocycles. The second-order valence-electron chi connectivity index (χ2n) is 4.44. The van der Waals surface area contributed by atoms with E-state index in [4.69, 9.17) is 9.63 Å². The van der Waals surface area contributed by atoms with Crippen LogP contribution in [0.1, 0.15) is 31.0 Å². The van der Waals surface area contributed by atoms with Crippen LogP contribution in [0, 0.1) is 18.8 Å². The number of rotatable bonds is 4. The number of carboxylic acids is 1. The van der Waals surface area contributed by atoms with Crippen molar-refractivity contribution in [2.45, 2.75) is 32.7 Å². The van der Waals surface area contributed by atoms with Crippen molar-refractivity contribution in [3.63, 3.8) is 0 Å². The van der Waals surface area contributed by atoms with Crippen molar-refractivity contribution in [2.75, 3.05) is 0 Å². The zero-order valence-corrected chi connectivity index (χ0v) is 10.0. The van der Waals surface area contributed by atoms with Crippen LogP contribution >= 0.6 is 0 Å². The van der Waals surface area contributed by atoms with Gasteiger partial charge in [0.1, 0.15) is 0 Å². The fraction of sp³-hybridized carbons (Fsp3) is 0.636. The summed E-state index contributed by atoms with van der Waals surface area (Å²) in [6, 6.07) is 0. The summed E-state index contributed by atoms with van der Waals surface area (Å²) in [5, 5.41) is 15.2. The van der Waals surface area contributed by atoms with E-state index in [1.54, 1.807) is 6.92 Å². The Hall–Kier alpha value is -1.92. The summed E-state index contributed by atoms with van der Waals surface area (Å²) in [6.45, 7) is 1.83. The standard InChI is InChI=1S/C11H15N3O4/c1-6-13-9(18-14-6)5-12-10(15)7-3-2-4-8(7)11(16)17/h7-8H,2-5H2,1H3,(H,12,15)(H,16,17)/t7-,8+/m1/s1. The van der Waals surface area contributed by atoms with Gasteiger partial charge in [-0.05, 0) is 19.8 Å². The fourth-order valence-electron chi connectivity index (χ4n) is 2.28. The molecule has 0 bridgehead atoms. The summed E-state index contributed by atoms with van der Waals surface area (Å²) in [4.78, 5) is 26.8. The molecule has 1 aromatic rings. The minimum absolute atomic E-state index is 0.141. The Morgan fingerprint density at radius 2 is 2.17 bits per heavy atom. The van der Waals surface area contributed by atoms with E-state index in [1.807, 2.05) is 0 Å². The summed E-state index contributed by atoms with van der Waals surface area (Å²) in [5.41, 5.74) is 0. The Morgan fingerprint density at radius 3 is 2.78 bits per heavy atom. The lowest BCUT2D eigenvalue weighted by Gasteiger charge is -2.14. The minimum atomic E-state index is -0.902. The molecule has 2 rings (SSSR count). The van der Waals surface area contributed by atoms with E-state index in [-0.39, 0.29) is 12.5 Å². The number of carbonyl (C=O) groups is 2. The van der Waals surface area contributed by atoms with Gasteiger partial charge in [-0.3, -0.25) is 9.59 Å². The predicted molar refractivity (Wildman–Crippen MR) is 59.3 cm³/mol. The van der Waals surface area contributed by atoms with E-state index in [1.165, 1.54) is 0 Å². The molecule has 1 fully saturated rings. The van der Waals surface area contributed by atoms with Crippen molar-refractivity contribution in [2.24, 2.45) is 11.8 Å². The molecule has 98 valence electrons. The normalized spacial score (nSPS) is 22.9. The Bertz CT molecular complexity index is 457. The van der Waals surface area contributed by atoms with E-state index in [2.05, 4.69) is 15.5 Å². The van der Waals surface area contributed by atoms with Gasteiger partial charge in [-0.1, -0.05) is 11.6 Å². The molecule has 0 spiro atoms. The zero-order valence-electron chi connectivity index (χ0n) is 10.0. The number of nitrogens with one attached hydrogen (secondary N) is 1. The first-order chi connectivity index (χ1) is 8.58. The van der Waals surface area contributed by atoms with Gasteiger partial charge < -0.3 is 14.9 Å². The SMILES string of the molecule is Cc1noc(CNC(=O)[C@@H]2CCC[C@@H]2C(=O)O)n1. The fourth-order valence-corrected chi connectivity index (χ4v) is 2.28. The van der Waals surface area contributed by atoms with Crippen LogP contribution in [0.2, 0.25) is 0 Å². The van der Waals surface area contributed by atoms with E-state index < -0.39 is 17.8 Å². The average Bonchev–Trinajstić information content (AvgIpc) is 2.94. The average molecular weight is 253 g/mol. The smallest absolute Gasteiger partial charge is 0.307 e. The molecule has 0 radical (unpaired) electrons. The van der Waals surface area contributed by atoms with Gasteiger partial charge in [0.25, 0.3) is 0 Å². The van der Waals surface area contributed by atoms with Crippen molar-refractivity contribution in [1.82, 2.24) is 15.5 Å². The maximum absolute atomic E-state index is 11.9. The van der Waals surface area contributed by atoms with Crippen molar-refractivity contribution in [1.29, 1.82) is 0 Å². The Balaban J connectivity index is 1.89. The molecule has 0 unspecified atom stereocenters. The van der Waals surface area contributed by atoms with E-state index >= 15 is 0 Å². The van der Waals surface area contributed by atoms with Gasteiger partial charge in [0.2, 0.25) is 11.8 Å². The molecular weight excluding hydrogens is 238 g/mol. The number of nitrogens with zero attached hydrogens (tertiary/aromatic N) is 2. The maximum atomic E-state index is 11.9. The van der Waals surface area contributed by atoms with Crippen molar-refractivity contribution < 1.29 is 19.2 Å². The molecule has 18 heavy (non-hydrogen) atoms. The quantitative estimate of drug-likeness (QED) is 0.809. The van der Waals surface area contributed by atoms with Crippen LogP contribution in [0.5, 0.6) is 0 Å². The Morgan fingerprint density at radius 1 is 1.44 bits per heavy atom. The number of carbonyl (C=O) groups excluding carboxylic acids is 1. The number of hydrogen-bond acceptors (Lipinski definition) is 5. The van der Waals surface area contributed by atoms with Crippen LogP contribution in [0.4, 0.5) is 0 Å². The van der Waals surface area contributed by atoms with Crippen LogP contribution in [0.3, 0.4) is 0 Å². The number of amides is 1. The number of aryl methyl sites for hydroxylation is 1. The van der Waals surface area contributed by atoms with Crippen molar-refractivity contribution >= 4 is 11.9 Å². The molecular formula is C11H15N3O4. The van der Waals surface area contributed by atoms with E-state index in [9.17, 15) is 9.59 Å². The number of hydrogen-bond donors (Lipinski definition) is 2. The third-order valence-electron chi connectivity index (χ3n) is 3.15. The maximum Gasteiger partial charge on any atom is 0.307 e. The molecule has 7 heteroatoms. The number of aromatic nitrogens is 2. The highest BCUT2D eigenvalue weighted by Gasteiger charge is 2.37. The highest BCUT2D eigenvalue weighted by Crippen LogP contribution is 2.32. The van der Waals surface area contributed by atoms with Gasteiger partial charge in [-0.25, -0.2) is 0 Å². The highest BCUT2D eigenvalue weighted by molar-refractivity contribution is 5.85.